The second-order valence-electron chi connectivity index (χ2n) is 7.41. The summed E-state index contributed by atoms with van der Waals surface area (Å²) in [5.74, 6) is 1.96. The van der Waals surface area contributed by atoms with Crippen molar-refractivity contribution in [1.29, 1.82) is 0 Å². The van der Waals surface area contributed by atoms with E-state index >= 15 is 0 Å². The predicted molar refractivity (Wildman–Crippen MR) is 99.9 cm³/mol. The third-order valence-electron chi connectivity index (χ3n) is 5.38. The van der Waals surface area contributed by atoms with Gasteiger partial charge in [0, 0.05) is 51.7 Å². The lowest BCUT2D eigenvalue weighted by Gasteiger charge is -2.21. The fourth-order valence-corrected chi connectivity index (χ4v) is 3.68. The highest BCUT2D eigenvalue weighted by Crippen LogP contribution is 2.27. The van der Waals surface area contributed by atoms with Crippen LogP contribution in [0.3, 0.4) is 0 Å². The number of carbonyl (C=O) groups excluding carboxylic acids is 1. The summed E-state index contributed by atoms with van der Waals surface area (Å²) in [6.07, 6.45) is 6.87. The number of ether oxygens (including phenoxy) is 2. The van der Waals surface area contributed by atoms with Gasteiger partial charge in [-0.05, 0) is 37.3 Å². The van der Waals surface area contributed by atoms with Crippen molar-refractivity contribution in [1.82, 2.24) is 20.0 Å². The third-order valence-corrected chi connectivity index (χ3v) is 5.38. The van der Waals surface area contributed by atoms with E-state index in [0.717, 1.165) is 39.1 Å². The van der Waals surface area contributed by atoms with E-state index in [2.05, 4.69) is 15.1 Å². The first-order chi connectivity index (χ1) is 13.8. The van der Waals surface area contributed by atoms with Crippen molar-refractivity contribution in [2.45, 2.75) is 31.6 Å². The van der Waals surface area contributed by atoms with Gasteiger partial charge in [-0.25, -0.2) is 0 Å². The average Bonchev–Trinajstić information content (AvgIpc) is 3.42. The van der Waals surface area contributed by atoms with Gasteiger partial charge in [-0.1, -0.05) is 5.16 Å². The van der Waals surface area contributed by atoms with Crippen LogP contribution in [0.5, 0.6) is 0 Å². The van der Waals surface area contributed by atoms with Gasteiger partial charge in [0.05, 0.1) is 18.1 Å². The second kappa shape index (κ2) is 9.25. The first kappa shape index (κ1) is 19.0. The van der Waals surface area contributed by atoms with Crippen molar-refractivity contribution >= 4 is 5.91 Å². The maximum atomic E-state index is 12.5. The minimum Gasteiger partial charge on any atom is -0.381 e. The Kier molecular flexibility index (Phi) is 6.28. The molecule has 2 fully saturated rings. The smallest absolute Gasteiger partial charge is 0.255 e. The molecular weight excluding hydrogens is 360 g/mol. The maximum Gasteiger partial charge on any atom is 0.255 e. The Morgan fingerprint density at radius 3 is 3.00 bits per heavy atom. The van der Waals surface area contributed by atoms with Crippen LogP contribution in [-0.4, -0.2) is 65.4 Å². The first-order valence-electron chi connectivity index (χ1n) is 9.97. The van der Waals surface area contributed by atoms with Crippen LogP contribution in [0.4, 0.5) is 0 Å². The van der Waals surface area contributed by atoms with E-state index in [0.29, 0.717) is 49.3 Å². The number of nitrogens with zero attached hydrogens (tertiary/aromatic N) is 4. The average molecular weight is 386 g/mol. The monoisotopic (exact) mass is 386 g/mol. The Morgan fingerprint density at radius 1 is 1.29 bits per heavy atom. The molecule has 0 aromatic carbocycles. The van der Waals surface area contributed by atoms with Gasteiger partial charge in [0.25, 0.3) is 5.91 Å². The van der Waals surface area contributed by atoms with Crippen LogP contribution in [0.1, 0.15) is 47.3 Å². The molecule has 1 unspecified atom stereocenters. The topological polar surface area (TPSA) is 90.6 Å². The molecule has 1 atom stereocenters. The number of amides is 1. The Labute approximate surface area is 164 Å². The molecule has 2 saturated heterocycles. The van der Waals surface area contributed by atoms with E-state index in [1.165, 1.54) is 0 Å². The fourth-order valence-electron chi connectivity index (χ4n) is 3.68. The number of aromatic nitrogens is 3. The number of pyridine rings is 1. The zero-order valence-corrected chi connectivity index (χ0v) is 16.0. The molecule has 4 rings (SSSR count). The number of likely N-dealkylation sites (tertiary alicyclic amines) is 1. The summed E-state index contributed by atoms with van der Waals surface area (Å²) in [4.78, 5) is 22.9. The van der Waals surface area contributed by atoms with Gasteiger partial charge in [0.15, 0.2) is 5.82 Å². The van der Waals surface area contributed by atoms with Crippen LogP contribution in [0, 0.1) is 5.92 Å². The molecule has 150 valence electrons. The van der Waals surface area contributed by atoms with E-state index in [-0.39, 0.29) is 11.8 Å². The molecule has 8 heteroatoms. The molecule has 0 bridgehead atoms. The summed E-state index contributed by atoms with van der Waals surface area (Å²) < 4.78 is 16.6. The number of hydrogen-bond acceptors (Lipinski definition) is 7. The van der Waals surface area contributed by atoms with Gasteiger partial charge in [-0.2, -0.15) is 4.98 Å². The van der Waals surface area contributed by atoms with Gasteiger partial charge >= 0.3 is 0 Å². The molecule has 28 heavy (non-hydrogen) atoms. The van der Waals surface area contributed by atoms with Crippen LogP contribution >= 0.6 is 0 Å². The molecule has 4 heterocycles. The van der Waals surface area contributed by atoms with Gasteiger partial charge in [0.1, 0.15) is 0 Å². The van der Waals surface area contributed by atoms with Crippen molar-refractivity contribution in [2.24, 2.45) is 5.92 Å². The van der Waals surface area contributed by atoms with Gasteiger partial charge < -0.3 is 18.9 Å². The van der Waals surface area contributed by atoms with E-state index in [1.807, 2.05) is 4.90 Å². The minimum absolute atomic E-state index is 0.00292. The van der Waals surface area contributed by atoms with Crippen LogP contribution in [0.15, 0.2) is 29.0 Å². The number of hydrogen-bond donors (Lipinski definition) is 0. The maximum absolute atomic E-state index is 12.5. The molecule has 2 aromatic rings. The second-order valence-corrected chi connectivity index (χ2v) is 7.41. The molecule has 0 N–H and O–H groups in total. The molecule has 0 radical (unpaired) electrons. The third kappa shape index (κ3) is 4.74. The molecule has 8 nitrogen and oxygen atoms in total. The SMILES string of the molecule is O=C(c1cccnc1)N1CCC(c2nc(CCOCC3CCOCC3)no2)C1. The highest BCUT2D eigenvalue weighted by molar-refractivity contribution is 5.94. The van der Waals surface area contributed by atoms with Crippen molar-refractivity contribution in [3.63, 3.8) is 0 Å². The summed E-state index contributed by atoms with van der Waals surface area (Å²) in [5.41, 5.74) is 0.607. The number of rotatable bonds is 7. The van der Waals surface area contributed by atoms with Crippen molar-refractivity contribution < 1.29 is 18.8 Å². The Morgan fingerprint density at radius 2 is 2.18 bits per heavy atom. The Bertz CT molecular complexity index is 761. The first-order valence-corrected chi connectivity index (χ1v) is 9.97. The Balaban J connectivity index is 1.22. The van der Waals surface area contributed by atoms with Crippen LogP contribution < -0.4 is 0 Å². The van der Waals surface area contributed by atoms with Gasteiger partial charge in [-0.3, -0.25) is 9.78 Å². The molecule has 2 aliphatic heterocycles. The molecule has 0 aliphatic carbocycles. The van der Waals surface area contributed by atoms with Crippen molar-refractivity contribution in [3.05, 3.63) is 41.8 Å². The lowest BCUT2D eigenvalue weighted by Crippen LogP contribution is -2.28. The molecule has 2 aromatic heterocycles. The van der Waals surface area contributed by atoms with Crippen LogP contribution in [0.2, 0.25) is 0 Å². The number of carbonyl (C=O) groups is 1. The summed E-state index contributed by atoms with van der Waals surface area (Å²) in [7, 11) is 0. The van der Waals surface area contributed by atoms with Crippen molar-refractivity contribution in [3.8, 4) is 0 Å². The molecular formula is C20H26N4O4. The van der Waals surface area contributed by atoms with E-state index in [1.54, 1.807) is 24.5 Å². The highest BCUT2D eigenvalue weighted by Gasteiger charge is 2.31. The lowest BCUT2D eigenvalue weighted by molar-refractivity contribution is 0.0211. The lowest BCUT2D eigenvalue weighted by atomic mass is 10.0. The van der Waals surface area contributed by atoms with Crippen molar-refractivity contribution in [2.75, 3.05) is 39.5 Å². The summed E-state index contributed by atoms with van der Waals surface area (Å²) in [6.45, 7) is 4.31. The zero-order chi connectivity index (χ0) is 19.2. The highest BCUT2D eigenvalue weighted by atomic mass is 16.5. The molecule has 0 spiro atoms. The summed E-state index contributed by atoms with van der Waals surface area (Å²) in [6, 6.07) is 3.56. The summed E-state index contributed by atoms with van der Waals surface area (Å²) >= 11 is 0. The fraction of sp³-hybridized carbons (Fsp3) is 0.600. The molecule has 1 amide bonds. The Hall–Kier alpha value is -2.32. The normalized spacial score (nSPS) is 20.6. The van der Waals surface area contributed by atoms with E-state index in [9.17, 15) is 4.79 Å². The molecule has 2 aliphatic rings. The van der Waals surface area contributed by atoms with Gasteiger partial charge in [-0.15, -0.1) is 0 Å². The zero-order valence-electron chi connectivity index (χ0n) is 16.0. The van der Waals surface area contributed by atoms with Crippen LogP contribution in [0.25, 0.3) is 0 Å². The largest absolute Gasteiger partial charge is 0.381 e. The quantitative estimate of drug-likeness (QED) is 0.673. The summed E-state index contributed by atoms with van der Waals surface area (Å²) in [5, 5.41) is 4.07. The standard InChI is InChI=1S/C20H26N4O4/c25-20(16-2-1-7-21-12-16)24-8-3-17(13-24)19-22-18(23-28-19)6-11-27-14-15-4-9-26-10-5-15/h1-2,7,12,15,17H,3-6,8-11,13-14H2. The van der Waals surface area contributed by atoms with E-state index < -0.39 is 0 Å². The van der Waals surface area contributed by atoms with Gasteiger partial charge in [0.2, 0.25) is 5.89 Å². The minimum atomic E-state index is -0.00292. The predicted octanol–water partition coefficient (Wildman–Crippen LogP) is 2.08. The van der Waals surface area contributed by atoms with E-state index in [4.69, 9.17) is 14.0 Å². The molecule has 0 saturated carbocycles. The van der Waals surface area contributed by atoms with Crippen LogP contribution in [-0.2, 0) is 15.9 Å².